The molecule has 3 N–H and O–H groups in total. The van der Waals surface area contributed by atoms with E-state index in [0.717, 1.165) is 23.7 Å². The van der Waals surface area contributed by atoms with Crippen molar-refractivity contribution in [3.8, 4) is 0 Å². The predicted molar refractivity (Wildman–Crippen MR) is 82.0 cm³/mol. The molecule has 0 aliphatic carbocycles. The first-order valence-corrected chi connectivity index (χ1v) is 7.20. The Morgan fingerprint density at radius 1 is 1.11 bits per heavy atom. The maximum absolute atomic E-state index is 5.88. The Bertz CT molecular complexity index is 345. The maximum Gasteiger partial charge on any atom is 0.0390 e. The summed E-state index contributed by atoms with van der Waals surface area (Å²) in [6.45, 7) is 7.71. The smallest absolute Gasteiger partial charge is 0.0390 e. The fraction of sp³-hybridized carbons (Fsp3) is 0.625. The second-order valence-electron chi connectivity index (χ2n) is 5.54. The van der Waals surface area contributed by atoms with E-state index >= 15 is 0 Å². The van der Waals surface area contributed by atoms with Crippen LogP contribution < -0.4 is 11.1 Å². The number of benzene rings is 1. The van der Waals surface area contributed by atoms with E-state index in [0.29, 0.717) is 0 Å². The SMILES string of the molecule is Cc1c(N)cccc1NCCCCCCC(C)C. The normalized spacial score (nSPS) is 10.9. The molecule has 0 saturated heterocycles. The number of nitrogens with one attached hydrogen (secondary N) is 1. The lowest BCUT2D eigenvalue weighted by atomic mass is 10.0. The summed E-state index contributed by atoms with van der Waals surface area (Å²) in [7, 11) is 0. The van der Waals surface area contributed by atoms with Crippen molar-refractivity contribution >= 4 is 11.4 Å². The summed E-state index contributed by atoms with van der Waals surface area (Å²) in [5.74, 6) is 0.845. The number of hydrogen-bond acceptors (Lipinski definition) is 2. The lowest BCUT2D eigenvalue weighted by molar-refractivity contribution is 0.523. The molecule has 0 spiro atoms. The van der Waals surface area contributed by atoms with E-state index in [-0.39, 0.29) is 0 Å². The van der Waals surface area contributed by atoms with Crippen LogP contribution in [0.5, 0.6) is 0 Å². The highest BCUT2D eigenvalue weighted by Gasteiger charge is 2.00. The third-order valence-electron chi connectivity index (χ3n) is 3.40. The van der Waals surface area contributed by atoms with Crippen molar-refractivity contribution in [2.45, 2.75) is 52.9 Å². The van der Waals surface area contributed by atoms with Crippen molar-refractivity contribution in [2.75, 3.05) is 17.6 Å². The van der Waals surface area contributed by atoms with Crippen molar-refractivity contribution in [3.63, 3.8) is 0 Å². The molecular formula is C16H28N2. The molecule has 0 bridgehead atoms. The van der Waals surface area contributed by atoms with Crippen molar-refractivity contribution < 1.29 is 0 Å². The van der Waals surface area contributed by atoms with Crippen LogP contribution in [-0.4, -0.2) is 6.54 Å². The molecular weight excluding hydrogens is 220 g/mol. The quantitative estimate of drug-likeness (QED) is 0.521. The molecule has 0 saturated carbocycles. The van der Waals surface area contributed by atoms with E-state index in [1.54, 1.807) is 0 Å². The zero-order chi connectivity index (χ0) is 13.4. The summed E-state index contributed by atoms with van der Waals surface area (Å²) in [6, 6.07) is 6.06. The molecule has 18 heavy (non-hydrogen) atoms. The zero-order valence-electron chi connectivity index (χ0n) is 12.1. The number of unbranched alkanes of at least 4 members (excludes halogenated alkanes) is 3. The Kier molecular flexibility index (Phi) is 6.63. The standard InChI is InChI=1S/C16H28N2/c1-13(2)9-6-4-5-7-12-18-16-11-8-10-15(17)14(16)3/h8,10-11,13,18H,4-7,9,12,17H2,1-3H3. The van der Waals surface area contributed by atoms with Gasteiger partial charge in [0, 0.05) is 17.9 Å². The predicted octanol–water partition coefficient (Wildman–Crippen LogP) is 4.60. The van der Waals surface area contributed by atoms with Gasteiger partial charge < -0.3 is 11.1 Å². The lowest BCUT2D eigenvalue weighted by Crippen LogP contribution is -2.04. The molecule has 0 radical (unpaired) electrons. The highest BCUT2D eigenvalue weighted by molar-refractivity contribution is 5.62. The first-order valence-electron chi connectivity index (χ1n) is 7.20. The van der Waals surface area contributed by atoms with Crippen LogP contribution in [0.3, 0.4) is 0 Å². The van der Waals surface area contributed by atoms with Gasteiger partial charge in [0.05, 0.1) is 0 Å². The summed E-state index contributed by atoms with van der Waals surface area (Å²) < 4.78 is 0. The molecule has 1 aromatic rings. The number of nitrogen functional groups attached to an aromatic ring is 1. The molecule has 0 aliphatic heterocycles. The van der Waals surface area contributed by atoms with E-state index in [1.165, 1.54) is 37.8 Å². The van der Waals surface area contributed by atoms with Crippen LogP contribution in [-0.2, 0) is 0 Å². The molecule has 0 unspecified atom stereocenters. The summed E-state index contributed by atoms with van der Waals surface area (Å²) in [4.78, 5) is 0. The highest BCUT2D eigenvalue weighted by Crippen LogP contribution is 2.20. The average molecular weight is 248 g/mol. The molecule has 0 heterocycles. The topological polar surface area (TPSA) is 38.0 Å². The lowest BCUT2D eigenvalue weighted by Gasteiger charge is -2.11. The fourth-order valence-electron chi connectivity index (χ4n) is 2.10. The van der Waals surface area contributed by atoms with E-state index < -0.39 is 0 Å². The third kappa shape index (κ3) is 5.44. The van der Waals surface area contributed by atoms with Gasteiger partial charge in [-0.3, -0.25) is 0 Å². The van der Waals surface area contributed by atoms with Gasteiger partial charge in [-0.05, 0) is 37.0 Å². The molecule has 0 amide bonds. The first kappa shape index (κ1) is 14.9. The van der Waals surface area contributed by atoms with Crippen LogP contribution in [0, 0.1) is 12.8 Å². The van der Waals surface area contributed by atoms with E-state index in [2.05, 4.69) is 32.2 Å². The van der Waals surface area contributed by atoms with Crippen molar-refractivity contribution in [3.05, 3.63) is 23.8 Å². The minimum absolute atomic E-state index is 0.845. The molecule has 2 nitrogen and oxygen atoms in total. The summed E-state index contributed by atoms with van der Waals surface area (Å²) in [6.07, 6.45) is 6.65. The minimum atomic E-state index is 0.845. The molecule has 0 atom stereocenters. The van der Waals surface area contributed by atoms with E-state index in [4.69, 9.17) is 5.73 Å². The maximum atomic E-state index is 5.88. The number of hydrogen-bond donors (Lipinski definition) is 2. The van der Waals surface area contributed by atoms with Crippen LogP contribution in [0.2, 0.25) is 0 Å². The van der Waals surface area contributed by atoms with Crippen molar-refractivity contribution in [1.82, 2.24) is 0 Å². The second kappa shape index (κ2) is 8.02. The van der Waals surface area contributed by atoms with Gasteiger partial charge in [0.25, 0.3) is 0 Å². The van der Waals surface area contributed by atoms with Crippen LogP contribution >= 0.6 is 0 Å². The Morgan fingerprint density at radius 2 is 1.83 bits per heavy atom. The van der Waals surface area contributed by atoms with E-state index in [9.17, 15) is 0 Å². The average Bonchev–Trinajstić information content (AvgIpc) is 2.32. The third-order valence-corrected chi connectivity index (χ3v) is 3.40. The first-order chi connectivity index (χ1) is 8.61. The van der Waals surface area contributed by atoms with Crippen molar-refractivity contribution in [1.29, 1.82) is 0 Å². The van der Waals surface area contributed by atoms with Gasteiger partial charge in [0.2, 0.25) is 0 Å². The van der Waals surface area contributed by atoms with Gasteiger partial charge in [-0.2, -0.15) is 0 Å². The van der Waals surface area contributed by atoms with Crippen LogP contribution in [0.25, 0.3) is 0 Å². The molecule has 1 rings (SSSR count). The van der Waals surface area contributed by atoms with Gasteiger partial charge in [0.15, 0.2) is 0 Å². The molecule has 0 aliphatic rings. The second-order valence-corrected chi connectivity index (χ2v) is 5.54. The van der Waals surface area contributed by atoms with Gasteiger partial charge in [-0.25, -0.2) is 0 Å². The zero-order valence-corrected chi connectivity index (χ0v) is 12.1. The Morgan fingerprint density at radius 3 is 2.56 bits per heavy atom. The van der Waals surface area contributed by atoms with E-state index in [1.807, 2.05) is 12.1 Å². The molecule has 0 fully saturated rings. The number of rotatable bonds is 8. The van der Waals surface area contributed by atoms with Gasteiger partial charge in [0.1, 0.15) is 0 Å². The fourth-order valence-corrected chi connectivity index (χ4v) is 2.10. The Hall–Kier alpha value is -1.18. The highest BCUT2D eigenvalue weighted by atomic mass is 14.9. The van der Waals surface area contributed by atoms with Crippen LogP contribution in [0.4, 0.5) is 11.4 Å². The molecule has 0 aromatic heterocycles. The summed E-state index contributed by atoms with van der Waals surface area (Å²) in [5.41, 5.74) is 9.09. The summed E-state index contributed by atoms with van der Waals surface area (Å²) in [5, 5.41) is 3.47. The monoisotopic (exact) mass is 248 g/mol. The van der Waals surface area contributed by atoms with Gasteiger partial charge >= 0.3 is 0 Å². The van der Waals surface area contributed by atoms with Crippen LogP contribution in [0.15, 0.2) is 18.2 Å². The number of anilines is 2. The Balaban J connectivity index is 2.13. The van der Waals surface area contributed by atoms with Gasteiger partial charge in [-0.1, -0.05) is 45.6 Å². The molecule has 2 heteroatoms. The summed E-state index contributed by atoms with van der Waals surface area (Å²) >= 11 is 0. The Labute approximate surface area is 112 Å². The largest absolute Gasteiger partial charge is 0.398 e. The van der Waals surface area contributed by atoms with Crippen LogP contribution in [0.1, 0.15) is 51.5 Å². The number of nitrogens with two attached hydrogens (primary N) is 1. The van der Waals surface area contributed by atoms with Gasteiger partial charge in [-0.15, -0.1) is 0 Å². The van der Waals surface area contributed by atoms with Crippen molar-refractivity contribution in [2.24, 2.45) is 5.92 Å². The minimum Gasteiger partial charge on any atom is -0.398 e. The molecule has 1 aromatic carbocycles. The molecule has 102 valence electrons.